The molecule has 1 aliphatic rings. The van der Waals surface area contributed by atoms with Crippen LogP contribution < -0.4 is 5.32 Å². The smallest absolute Gasteiger partial charge is 0.00683 e. The summed E-state index contributed by atoms with van der Waals surface area (Å²) in [6, 6.07) is 0.889. The van der Waals surface area contributed by atoms with E-state index in [4.69, 9.17) is 0 Å². The molecule has 0 aliphatic heterocycles. The van der Waals surface area contributed by atoms with Gasteiger partial charge in [-0.25, -0.2) is 0 Å². The van der Waals surface area contributed by atoms with Crippen LogP contribution in [0, 0.1) is 5.92 Å². The van der Waals surface area contributed by atoms with Crippen molar-refractivity contribution in [1.82, 2.24) is 5.32 Å². The molecule has 1 N–H and O–H groups in total. The van der Waals surface area contributed by atoms with Crippen molar-refractivity contribution in [2.24, 2.45) is 5.92 Å². The number of hydrogen-bond donors (Lipinski definition) is 1. The number of nitrogens with one attached hydrogen (secondary N) is 1. The van der Waals surface area contributed by atoms with Gasteiger partial charge in [-0.1, -0.05) is 39.5 Å². The second-order valence-electron chi connectivity index (χ2n) is 4.83. The van der Waals surface area contributed by atoms with E-state index in [1.807, 2.05) is 0 Å². The summed E-state index contributed by atoms with van der Waals surface area (Å²) in [4.78, 5) is 0. The average molecular weight is 197 g/mol. The Morgan fingerprint density at radius 3 is 2.43 bits per heavy atom. The van der Waals surface area contributed by atoms with Crippen LogP contribution >= 0.6 is 0 Å². The quantitative estimate of drug-likeness (QED) is 0.555. The maximum absolute atomic E-state index is 3.67. The van der Waals surface area contributed by atoms with Crippen molar-refractivity contribution >= 4 is 0 Å². The van der Waals surface area contributed by atoms with E-state index >= 15 is 0 Å². The largest absolute Gasteiger partial charge is 0.314 e. The molecule has 0 amide bonds. The van der Waals surface area contributed by atoms with E-state index in [0.717, 1.165) is 12.0 Å². The Morgan fingerprint density at radius 1 is 1.07 bits per heavy atom. The molecule has 1 nitrogen and oxygen atoms in total. The standard InChI is InChI=1S/C13H27N/c1-3-5-6-8-12(7-4-2)11-14-13-9-10-13/h12-14H,3-11H2,1-2H3. The first-order valence-electron chi connectivity index (χ1n) is 6.60. The molecule has 1 rings (SSSR count). The summed E-state index contributed by atoms with van der Waals surface area (Å²) in [7, 11) is 0. The highest BCUT2D eigenvalue weighted by molar-refractivity contribution is 4.81. The zero-order chi connectivity index (χ0) is 10.2. The summed E-state index contributed by atoms with van der Waals surface area (Å²) >= 11 is 0. The van der Waals surface area contributed by atoms with Gasteiger partial charge in [-0.3, -0.25) is 0 Å². The minimum absolute atomic E-state index is 0.889. The first-order valence-corrected chi connectivity index (χ1v) is 6.60. The third kappa shape index (κ3) is 5.64. The minimum atomic E-state index is 0.889. The van der Waals surface area contributed by atoms with E-state index in [9.17, 15) is 0 Å². The Morgan fingerprint density at radius 2 is 1.86 bits per heavy atom. The molecule has 1 aliphatic carbocycles. The molecule has 1 fully saturated rings. The molecule has 0 spiro atoms. The summed E-state index contributed by atoms with van der Waals surface area (Å²) in [6.07, 6.45) is 11.3. The minimum Gasteiger partial charge on any atom is -0.314 e. The molecule has 0 aromatic heterocycles. The van der Waals surface area contributed by atoms with Crippen molar-refractivity contribution in [3.05, 3.63) is 0 Å². The molecule has 0 aromatic rings. The van der Waals surface area contributed by atoms with Gasteiger partial charge in [0.2, 0.25) is 0 Å². The monoisotopic (exact) mass is 197 g/mol. The maximum atomic E-state index is 3.67. The van der Waals surface area contributed by atoms with Gasteiger partial charge < -0.3 is 5.32 Å². The molecule has 14 heavy (non-hydrogen) atoms. The van der Waals surface area contributed by atoms with Crippen molar-refractivity contribution in [3.8, 4) is 0 Å². The lowest BCUT2D eigenvalue weighted by molar-refractivity contribution is 0.397. The van der Waals surface area contributed by atoms with Gasteiger partial charge in [0.15, 0.2) is 0 Å². The lowest BCUT2D eigenvalue weighted by atomic mass is 9.96. The molecule has 0 aromatic carbocycles. The van der Waals surface area contributed by atoms with E-state index in [-0.39, 0.29) is 0 Å². The van der Waals surface area contributed by atoms with E-state index in [2.05, 4.69) is 19.2 Å². The van der Waals surface area contributed by atoms with Gasteiger partial charge >= 0.3 is 0 Å². The van der Waals surface area contributed by atoms with Gasteiger partial charge in [0.25, 0.3) is 0 Å². The van der Waals surface area contributed by atoms with Gasteiger partial charge in [0, 0.05) is 6.04 Å². The highest BCUT2D eigenvalue weighted by Crippen LogP contribution is 2.21. The fourth-order valence-electron chi connectivity index (χ4n) is 2.06. The lowest BCUT2D eigenvalue weighted by Gasteiger charge is -2.16. The summed E-state index contributed by atoms with van der Waals surface area (Å²) in [5, 5.41) is 3.67. The van der Waals surface area contributed by atoms with Crippen LogP contribution in [0.1, 0.15) is 65.2 Å². The first kappa shape index (κ1) is 12.0. The second-order valence-corrected chi connectivity index (χ2v) is 4.83. The van der Waals surface area contributed by atoms with Gasteiger partial charge in [0.1, 0.15) is 0 Å². The molecule has 1 heteroatoms. The molecule has 0 saturated heterocycles. The molecule has 84 valence electrons. The Kier molecular flexibility index (Phi) is 6.25. The molecule has 0 heterocycles. The average Bonchev–Trinajstić information content (AvgIpc) is 2.98. The number of rotatable bonds is 9. The molecule has 1 saturated carbocycles. The van der Waals surface area contributed by atoms with Gasteiger partial charge in [-0.15, -0.1) is 0 Å². The SMILES string of the molecule is CCCCCC(CCC)CNC1CC1. The number of unbranched alkanes of at least 4 members (excludes halogenated alkanes) is 2. The Balaban J connectivity index is 2.02. The molecule has 0 radical (unpaired) electrons. The zero-order valence-electron chi connectivity index (χ0n) is 10.0. The van der Waals surface area contributed by atoms with Crippen LogP contribution in [0.4, 0.5) is 0 Å². The van der Waals surface area contributed by atoms with Crippen LogP contribution in [0.2, 0.25) is 0 Å². The Labute approximate surface area is 89.7 Å². The Bertz CT molecular complexity index is 129. The van der Waals surface area contributed by atoms with Crippen LogP contribution in [0.25, 0.3) is 0 Å². The lowest BCUT2D eigenvalue weighted by Crippen LogP contribution is -2.24. The maximum Gasteiger partial charge on any atom is 0.00683 e. The molecular weight excluding hydrogens is 170 g/mol. The molecule has 1 unspecified atom stereocenters. The highest BCUT2D eigenvalue weighted by atomic mass is 14.9. The number of hydrogen-bond acceptors (Lipinski definition) is 1. The van der Waals surface area contributed by atoms with Gasteiger partial charge in [-0.2, -0.15) is 0 Å². The van der Waals surface area contributed by atoms with Gasteiger partial charge in [0.05, 0.1) is 0 Å². The summed E-state index contributed by atoms with van der Waals surface area (Å²) < 4.78 is 0. The Hall–Kier alpha value is -0.0400. The van der Waals surface area contributed by atoms with Gasteiger partial charge in [-0.05, 0) is 38.1 Å². The summed E-state index contributed by atoms with van der Waals surface area (Å²) in [5.41, 5.74) is 0. The predicted octanol–water partition coefficient (Wildman–Crippen LogP) is 3.74. The van der Waals surface area contributed by atoms with Crippen molar-refractivity contribution in [2.75, 3.05) is 6.54 Å². The van der Waals surface area contributed by atoms with E-state index in [1.54, 1.807) is 0 Å². The van der Waals surface area contributed by atoms with Crippen LogP contribution in [0.5, 0.6) is 0 Å². The fraction of sp³-hybridized carbons (Fsp3) is 1.00. The van der Waals surface area contributed by atoms with Crippen LogP contribution in [-0.2, 0) is 0 Å². The second kappa shape index (κ2) is 7.28. The zero-order valence-corrected chi connectivity index (χ0v) is 10.0. The first-order chi connectivity index (χ1) is 6.86. The van der Waals surface area contributed by atoms with Crippen molar-refractivity contribution in [3.63, 3.8) is 0 Å². The van der Waals surface area contributed by atoms with Crippen LogP contribution in [0.3, 0.4) is 0 Å². The molecule has 0 bridgehead atoms. The van der Waals surface area contributed by atoms with Crippen LogP contribution in [0.15, 0.2) is 0 Å². The van der Waals surface area contributed by atoms with E-state index in [0.29, 0.717) is 0 Å². The predicted molar refractivity (Wildman–Crippen MR) is 63.6 cm³/mol. The summed E-state index contributed by atoms with van der Waals surface area (Å²) in [6.45, 7) is 5.88. The summed E-state index contributed by atoms with van der Waals surface area (Å²) in [5.74, 6) is 0.951. The normalized spacial score (nSPS) is 18.4. The fourth-order valence-corrected chi connectivity index (χ4v) is 2.06. The van der Waals surface area contributed by atoms with Crippen LogP contribution in [-0.4, -0.2) is 12.6 Å². The van der Waals surface area contributed by atoms with Crippen molar-refractivity contribution < 1.29 is 0 Å². The van der Waals surface area contributed by atoms with E-state index < -0.39 is 0 Å². The van der Waals surface area contributed by atoms with Crippen molar-refractivity contribution in [2.45, 2.75) is 71.3 Å². The molecular formula is C13H27N. The third-order valence-electron chi connectivity index (χ3n) is 3.19. The topological polar surface area (TPSA) is 12.0 Å². The highest BCUT2D eigenvalue weighted by Gasteiger charge is 2.21. The third-order valence-corrected chi connectivity index (χ3v) is 3.19. The van der Waals surface area contributed by atoms with E-state index in [1.165, 1.54) is 57.9 Å². The van der Waals surface area contributed by atoms with Crippen molar-refractivity contribution in [1.29, 1.82) is 0 Å². The molecule has 1 atom stereocenters.